The Morgan fingerprint density at radius 2 is 2.11 bits per heavy atom. The van der Waals surface area contributed by atoms with E-state index in [1.807, 2.05) is 24.3 Å². The van der Waals surface area contributed by atoms with Crippen molar-refractivity contribution in [3.05, 3.63) is 57.3 Å². The van der Waals surface area contributed by atoms with Crippen LogP contribution in [0.1, 0.15) is 11.5 Å². The predicted molar refractivity (Wildman–Crippen MR) is 80.4 cm³/mol. The topological polar surface area (TPSA) is 52.0 Å². The number of fused-ring (bicyclic) bond motifs is 1. The maximum atomic E-state index is 5.97. The molecule has 19 heavy (non-hydrogen) atoms. The van der Waals surface area contributed by atoms with Crippen LogP contribution in [0, 0.1) is 0 Å². The average molecular weight is 338 g/mol. The van der Waals surface area contributed by atoms with Crippen LogP contribution in [-0.2, 0) is 6.42 Å². The van der Waals surface area contributed by atoms with Gasteiger partial charge in [0, 0.05) is 17.0 Å². The molecule has 0 saturated carbocycles. The van der Waals surface area contributed by atoms with Crippen molar-refractivity contribution in [2.45, 2.75) is 6.42 Å². The van der Waals surface area contributed by atoms with Crippen LogP contribution in [0.2, 0.25) is 5.02 Å². The van der Waals surface area contributed by atoms with Crippen molar-refractivity contribution >= 4 is 44.3 Å². The molecule has 5 heteroatoms. The first kappa shape index (κ1) is 12.5. The molecule has 0 fully saturated rings. The van der Waals surface area contributed by atoms with E-state index in [0.29, 0.717) is 28.6 Å². The number of halogens is 2. The van der Waals surface area contributed by atoms with E-state index in [9.17, 15) is 0 Å². The molecule has 0 amide bonds. The van der Waals surface area contributed by atoms with E-state index in [2.05, 4.69) is 20.9 Å². The summed E-state index contributed by atoms with van der Waals surface area (Å²) in [6.45, 7) is 0. The van der Waals surface area contributed by atoms with E-state index in [-0.39, 0.29) is 0 Å². The van der Waals surface area contributed by atoms with Crippen molar-refractivity contribution in [1.29, 1.82) is 0 Å². The first-order valence-electron chi connectivity index (χ1n) is 5.71. The van der Waals surface area contributed by atoms with Gasteiger partial charge in [-0.1, -0.05) is 39.7 Å². The van der Waals surface area contributed by atoms with Crippen molar-refractivity contribution < 1.29 is 4.42 Å². The number of nitrogen functional groups attached to an aromatic ring is 1. The molecule has 0 radical (unpaired) electrons. The van der Waals surface area contributed by atoms with Gasteiger partial charge in [0.1, 0.15) is 5.52 Å². The second-order valence-corrected chi connectivity index (χ2v) is 5.58. The molecule has 3 nitrogen and oxygen atoms in total. The number of hydrogen-bond donors (Lipinski definition) is 1. The highest BCUT2D eigenvalue weighted by atomic mass is 79.9. The van der Waals surface area contributed by atoms with Crippen molar-refractivity contribution in [2.24, 2.45) is 0 Å². The Kier molecular flexibility index (Phi) is 3.21. The number of aromatic nitrogens is 1. The zero-order valence-corrected chi connectivity index (χ0v) is 12.2. The smallest absolute Gasteiger partial charge is 0.199 e. The second kappa shape index (κ2) is 4.87. The fraction of sp³-hybridized carbons (Fsp3) is 0.0714. The van der Waals surface area contributed by atoms with Crippen LogP contribution in [0.4, 0.5) is 5.69 Å². The fourth-order valence-corrected chi connectivity index (χ4v) is 2.51. The molecule has 3 aromatic rings. The van der Waals surface area contributed by atoms with Gasteiger partial charge in [0.15, 0.2) is 11.5 Å². The Balaban J connectivity index is 1.97. The SMILES string of the molecule is Nc1cc2oc(Cc3cccc(Br)c3)nc2cc1Cl. The van der Waals surface area contributed by atoms with Gasteiger partial charge in [0.05, 0.1) is 10.7 Å². The van der Waals surface area contributed by atoms with Crippen LogP contribution < -0.4 is 5.73 Å². The molecule has 0 unspecified atom stereocenters. The van der Waals surface area contributed by atoms with Gasteiger partial charge >= 0.3 is 0 Å². The van der Waals surface area contributed by atoms with E-state index in [0.717, 1.165) is 15.6 Å². The highest BCUT2D eigenvalue weighted by Crippen LogP contribution is 2.27. The minimum absolute atomic E-state index is 0.495. The monoisotopic (exact) mass is 336 g/mol. The van der Waals surface area contributed by atoms with Gasteiger partial charge in [-0.2, -0.15) is 0 Å². The summed E-state index contributed by atoms with van der Waals surface area (Å²) in [7, 11) is 0. The summed E-state index contributed by atoms with van der Waals surface area (Å²) in [4.78, 5) is 4.42. The molecular formula is C14H10BrClN2O. The van der Waals surface area contributed by atoms with Crippen molar-refractivity contribution in [2.75, 3.05) is 5.73 Å². The molecule has 2 aromatic carbocycles. The van der Waals surface area contributed by atoms with E-state index in [4.69, 9.17) is 21.8 Å². The number of nitrogens with zero attached hydrogens (tertiary/aromatic N) is 1. The second-order valence-electron chi connectivity index (χ2n) is 4.26. The van der Waals surface area contributed by atoms with E-state index < -0.39 is 0 Å². The number of hydrogen-bond acceptors (Lipinski definition) is 3. The predicted octanol–water partition coefficient (Wildman–Crippen LogP) is 4.42. The summed E-state index contributed by atoms with van der Waals surface area (Å²) < 4.78 is 6.72. The lowest BCUT2D eigenvalue weighted by Gasteiger charge is -1.97. The minimum Gasteiger partial charge on any atom is -0.440 e. The average Bonchev–Trinajstić information content (AvgIpc) is 2.71. The number of anilines is 1. The summed E-state index contributed by atoms with van der Waals surface area (Å²) in [6, 6.07) is 11.5. The molecule has 0 spiro atoms. The molecule has 1 heterocycles. The lowest BCUT2D eigenvalue weighted by atomic mass is 10.1. The largest absolute Gasteiger partial charge is 0.440 e. The van der Waals surface area contributed by atoms with Crippen LogP contribution in [-0.4, -0.2) is 4.98 Å². The van der Waals surface area contributed by atoms with Gasteiger partial charge in [0.2, 0.25) is 0 Å². The summed E-state index contributed by atoms with van der Waals surface area (Å²) >= 11 is 9.41. The maximum absolute atomic E-state index is 5.97. The third kappa shape index (κ3) is 2.60. The molecule has 1 aromatic heterocycles. The first-order chi connectivity index (χ1) is 9.11. The number of nitrogens with two attached hydrogens (primary N) is 1. The third-order valence-electron chi connectivity index (χ3n) is 2.80. The van der Waals surface area contributed by atoms with Crippen molar-refractivity contribution in [3.63, 3.8) is 0 Å². The summed E-state index contributed by atoms with van der Waals surface area (Å²) in [6.07, 6.45) is 0.631. The first-order valence-corrected chi connectivity index (χ1v) is 6.88. The molecule has 3 rings (SSSR count). The van der Waals surface area contributed by atoms with E-state index >= 15 is 0 Å². The molecule has 0 aliphatic heterocycles. The number of benzene rings is 2. The fourth-order valence-electron chi connectivity index (χ4n) is 1.91. The van der Waals surface area contributed by atoms with Crippen molar-refractivity contribution in [3.8, 4) is 0 Å². The van der Waals surface area contributed by atoms with Gasteiger partial charge in [-0.15, -0.1) is 0 Å². The third-order valence-corrected chi connectivity index (χ3v) is 3.62. The Labute approximate surface area is 123 Å². The van der Waals surface area contributed by atoms with Crippen LogP contribution in [0.15, 0.2) is 45.3 Å². The van der Waals surface area contributed by atoms with Crippen LogP contribution in [0.3, 0.4) is 0 Å². The summed E-state index contributed by atoms with van der Waals surface area (Å²) in [5.41, 5.74) is 8.75. The van der Waals surface area contributed by atoms with Gasteiger partial charge in [-0.25, -0.2) is 4.98 Å². The summed E-state index contributed by atoms with van der Waals surface area (Å²) in [5, 5.41) is 0.495. The molecule has 0 bridgehead atoms. The molecule has 96 valence electrons. The zero-order chi connectivity index (χ0) is 13.4. The normalized spacial score (nSPS) is 11.1. The lowest BCUT2D eigenvalue weighted by Crippen LogP contribution is -1.87. The molecule has 2 N–H and O–H groups in total. The van der Waals surface area contributed by atoms with E-state index in [1.165, 1.54) is 0 Å². The molecule has 0 atom stereocenters. The zero-order valence-electron chi connectivity index (χ0n) is 9.86. The molecule has 0 aliphatic rings. The van der Waals surface area contributed by atoms with Gasteiger partial charge in [-0.3, -0.25) is 0 Å². The van der Waals surface area contributed by atoms with Gasteiger partial charge in [-0.05, 0) is 23.8 Å². The van der Waals surface area contributed by atoms with Crippen LogP contribution in [0.25, 0.3) is 11.1 Å². The maximum Gasteiger partial charge on any atom is 0.199 e. The summed E-state index contributed by atoms with van der Waals surface area (Å²) in [5.74, 6) is 0.648. The molecular weight excluding hydrogens is 328 g/mol. The van der Waals surface area contributed by atoms with Gasteiger partial charge in [0.25, 0.3) is 0 Å². The Morgan fingerprint density at radius 3 is 2.89 bits per heavy atom. The lowest BCUT2D eigenvalue weighted by molar-refractivity contribution is 0.544. The van der Waals surface area contributed by atoms with Gasteiger partial charge < -0.3 is 10.2 Å². The number of rotatable bonds is 2. The quantitative estimate of drug-likeness (QED) is 0.704. The van der Waals surface area contributed by atoms with Crippen molar-refractivity contribution in [1.82, 2.24) is 4.98 Å². The number of oxazole rings is 1. The highest BCUT2D eigenvalue weighted by molar-refractivity contribution is 9.10. The molecule has 0 aliphatic carbocycles. The minimum atomic E-state index is 0.495. The van der Waals surface area contributed by atoms with Crippen LogP contribution in [0.5, 0.6) is 0 Å². The molecule has 0 saturated heterocycles. The Bertz CT molecular complexity index is 715. The highest BCUT2D eigenvalue weighted by Gasteiger charge is 2.09. The van der Waals surface area contributed by atoms with E-state index in [1.54, 1.807) is 12.1 Å². The Morgan fingerprint density at radius 1 is 1.26 bits per heavy atom. The standard InChI is InChI=1S/C14H10BrClN2O/c15-9-3-1-2-8(4-9)5-14-18-12-6-10(16)11(17)7-13(12)19-14/h1-4,6-7H,5,17H2. The Hall–Kier alpha value is -1.52. The van der Waals surface area contributed by atoms with Crippen LogP contribution >= 0.6 is 27.5 Å².